The second-order valence-corrected chi connectivity index (χ2v) is 8.78. The van der Waals surface area contributed by atoms with Gasteiger partial charge >= 0.3 is 0 Å². The summed E-state index contributed by atoms with van der Waals surface area (Å²) in [7, 11) is -2.88. The van der Waals surface area contributed by atoms with E-state index in [4.69, 9.17) is 11.6 Å². The van der Waals surface area contributed by atoms with E-state index in [-0.39, 0.29) is 17.7 Å². The van der Waals surface area contributed by atoms with E-state index in [1.807, 2.05) is 18.2 Å². The first kappa shape index (κ1) is 16.3. The van der Waals surface area contributed by atoms with Crippen molar-refractivity contribution in [3.8, 4) is 0 Å². The number of halogens is 2. The van der Waals surface area contributed by atoms with Crippen molar-refractivity contribution >= 4 is 37.4 Å². The van der Waals surface area contributed by atoms with Gasteiger partial charge in [-0.25, -0.2) is 8.42 Å². The van der Waals surface area contributed by atoms with E-state index >= 15 is 0 Å². The highest BCUT2D eigenvalue weighted by atomic mass is 79.9. The summed E-state index contributed by atoms with van der Waals surface area (Å²) < 4.78 is 24.4. The molecule has 2 unspecified atom stereocenters. The zero-order valence-corrected chi connectivity index (χ0v) is 14.6. The highest BCUT2D eigenvalue weighted by Gasteiger charge is 2.34. The van der Waals surface area contributed by atoms with Crippen molar-refractivity contribution in [2.75, 3.05) is 18.1 Å². The second kappa shape index (κ2) is 6.77. The predicted octanol–water partition coefficient (Wildman–Crippen LogP) is 3.58. The number of rotatable bonds is 5. The minimum absolute atomic E-state index is 0.0281. The molecule has 20 heavy (non-hydrogen) atoms. The van der Waals surface area contributed by atoms with Crippen molar-refractivity contribution in [2.45, 2.75) is 25.8 Å². The van der Waals surface area contributed by atoms with Crippen LogP contribution in [0.5, 0.6) is 0 Å². The Labute approximate surface area is 134 Å². The first-order valence-electron chi connectivity index (χ1n) is 6.81. The predicted molar refractivity (Wildman–Crippen MR) is 86.9 cm³/mol. The van der Waals surface area contributed by atoms with Crippen molar-refractivity contribution in [2.24, 2.45) is 5.92 Å². The average molecular weight is 381 g/mol. The Kier molecular flexibility index (Phi) is 5.51. The molecule has 0 aliphatic carbocycles. The van der Waals surface area contributed by atoms with Gasteiger partial charge in [0.2, 0.25) is 0 Å². The van der Waals surface area contributed by atoms with Gasteiger partial charge in [0.05, 0.1) is 11.5 Å². The van der Waals surface area contributed by atoms with Crippen LogP contribution in [-0.2, 0) is 9.84 Å². The molecular weight excluding hydrogens is 362 g/mol. The van der Waals surface area contributed by atoms with Gasteiger partial charge in [0.25, 0.3) is 0 Å². The van der Waals surface area contributed by atoms with Gasteiger partial charge in [-0.1, -0.05) is 34.5 Å². The zero-order chi connectivity index (χ0) is 14.8. The van der Waals surface area contributed by atoms with Gasteiger partial charge in [-0.05, 0) is 49.1 Å². The summed E-state index contributed by atoms with van der Waals surface area (Å²) in [5.41, 5.74) is 1.05. The summed E-state index contributed by atoms with van der Waals surface area (Å²) in [5, 5.41) is 4.15. The lowest BCUT2D eigenvalue weighted by Gasteiger charge is -2.25. The average Bonchev–Trinajstić information content (AvgIpc) is 2.74. The van der Waals surface area contributed by atoms with Crippen LogP contribution in [0.25, 0.3) is 0 Å². The zero-order valence-electron chi connectivity index (χ0n) is 11.4. The molecule has 1 aromatic rings. The van der Waals surface area contributed by atoms with Gasteiger partial charge in [0, 0.05) is 15.5 Å². The van der Waals surface area contributed by atoms with Crippen molar-refractivity contribution in [3.63, 3.8) is 0 Å². The summed E-state index contributed by atoms with van der Waals surface area (Å²) in [5.74, 6) is 0.661. The van der Waals surface area contributed by atoms with E-state index in [9.17, 15) is 8.42 Å². The summed E-state index contributed by atoms with van der Waals surface area (Å²) in [6.07, 6.45) is 1.72. The van der Waals surface area contributed by atoms with Crippen LogP contribution in [0.2, 0.25) is 5.02 Å². The van der Waals surface area contributed by atoms with Crippen LogP contribution >= 0.6 is 27.5 Å². The standard InChI is InChI=1S/C14H19BrClNO2S/c1-2-6-17-14(10-5-7-20(18,19)9-10)12-8-11(16)3-4-13(12)15/h3-4,8,10,14,17H,2,5-7,9H2,1H3. The first-order chi connectivity index (χ1) is 9.43. The fraction of sp³-hybridized carbons (Fsp3) is 0.571. The molecule has 1 saturated heterocycles. The SMILES string of the molecule is CCCNC(c1cc(Cl)ccc1Br)C1CCS(=O)(=O)C1. The third-order valence-electron chi connectivity index (χ3n) is 3.65. The van der Waals surface area contributed by atoms with E-state index in [0.717, 1.165) is 23.0 Å². The monoisotopic (exact) mass is 379 g/mol. The summed E-state index contributed by atoms with van der Waals surface area (Å²) in [4.78, 5) is 0. The lowest BCUT2D eigenvalue weighted by atomic mass is 9.92. The molecule has 112 valence electrons. The second-order valence-electron chi connectivity index (χ2n) is 5.26. The minimum Gasteiger partial charge on any atom is -0.310 e. The largest absolute Gasteiger partial charge is 0.310 e. The maximum atomic E-state index is 11.7. The molecule has 1 fully saturated rings. The molecule has 1 aliphatic rings. The number of sulfone groups is 1. The van der Waals surface area contributed by atoms with Gasteiger partial charge in [0.15, 0.2) is 9.84 Å². The molecule has 1 aromatic carbocycles. The molecule has 0 amide bonds. The van der Waals surface area contributed by atoms with Crippen molar-refractivity contribution in [1.82, 2.24) is 5.32 Å². The highest BCUT2D eigenvalue weighted by molar-refractivity contribution is 9.10. The molecule has 3 nitrogen and oxygen atoms in total. The molecule has 1 heterocycles. The smallest absolute Gasteiger partial charge is 0.150 e. The van der Waals surface area contributed by atoms with Gasteiger partial charge in [-0.15, -0.1) is 0 Å². The minimum atomic E-state index is -2.88. The van der Waals surface area contributed by atoms with Gasteiger partial charge in [0.1, 0.15) is 0 Å². The molecular formula is C14H19BrClNO2S. The van der Waals surface area contributed by atoms with Gasteiger partial charge in [-0.3, -0.25) is 0 Å². The van der Waals surface area contributed by atoms with Crippen LogP contribution in [0.4, 0.5) is 0 Å². The molecule has 6 heteroatoms. The normalized spacial score (nSPS) is 22.9. The van der Waals surface area contributed by atoms with Gasteiger partial charge < -0.3 is 5.32 Å². The number of nitrogens with one attached hydrogen (secondary N) is 1. The van der Waals surface area contributed by atoms with E-state index in [0.29, 0.717) is 17.2 Å². The van der Waals surface area contributed by atoms with Crippen LogP contribution in [0.15, 0.2) is 22.7 Å². The lowest BCUT2D eigenvalue weighted by molar-refractivity contribution is 0.391. The van der Waals surface area contributed by atoms with E-state index in [1.54, 1.807) is 0 Å². The van der Waals surface area contributed by atoms with Crippen LogP contribution in [0.3, 0.4) is 0 Å². The molecule has 1 aliphatic heterocycles. The Balaban J connectivity index is 2.30. The Morgan fingerprint density at radius 1 is 1.50 bits per heavy atom. The molecule has 1 N–H and O–H groups in total. The Morgan fingerprint density at radius 2 is 2.25 bits per heavy atom. The number of hydrogen-bond donors (Lipinski definition) is 1. The highest BCUT2D eigenvalue weighted by Crippen LogP contribution is 2.36. The lowest BCUT2D eigenvalue weighted by Crippen LogP contribution is -2.30. The quantitative estimate of drug-likeness (QED) is 0.849. The Bertz CT molecular complexity index is 577. The summed E-state index contributed by atoms with van der Waals surface area (Å²) in [6, 6.07) is 5.70. The van der Waals surface area contributed by atoms with Crippen LogP contribution < -0.4 is 5.32 Å². The summed E-state index contributed by atoms with van der Waals surface area (Å²) >= 11 is 9.64. The van der Waals surface area contributed by atoms with Crippen molar-refractivity contribution in [3.05, 3.63) is 33.3 Å². The third-order valence-corrected chi connectivity index (χ3v) is 6.40. The van der Waals surface area contributed by atoms with E-state index in [1.165, 1.54) is 0 Å². The molecule has 0 spiro atoms. The molecule has 0 bridgehead atoms. The van der Waals surface area contributed by atoms with Gasteiger partial charge in [-0.2, -0.15) is 0 Å². The van der Waals surface area contributed by atoms with E-state index < -0.39 is 9.84 Å². The maximum Gasteiger partial charge on any atom is 0.150 e. The molecule has 0 radical (unpaired) electrons. The maximum absolute atomic E-state index is 11.7. The molecule has 0 saturated carbocycles. The summed E-state index contributed by atoms with van der Waals surface area (Å²) in [6.45, 7) is 2.96. The van der Waals surface area contributed by atoms with E-state index in [2.05, 4.69) is 28.2 Å². The Morgan fingerprint density at radius 3 is 2.85 bits per heavy atom. The van der Waals surface area contributed by atoms with Crippen LogP contribution in [0.1, 0.15) is 31.4 Å². The topological polar surface area (TPSA) is 46.2 Å². The number of hydrogen-bond acceptors (Lipinski definition) is 3. The van der Waals surface area contributed by atoms with Crippen LogP contribution in [-0.4, -0.2) is 26.5 Å². The first-order valence-corrected chi connectivity index (χ1v) is 9.81. The fourth-order valence-electron chi connectivity index (χ4n) is 2.67. The van der Waals surface area contributed by atoms with Crippen molar-refractivity contribution in [1.29, 1.82) is 0 Å². The third kappa shape index (κ3) is 3.97. The van der Waals surface area contributed by atoms with Crippen molar-refractivity contribution < 1.29 is 8.42 Å². The Hall–Kier alpha value is -0.100. The molecule has 2 rings (SSSR count). The number of benzene rings is 1. The molecule has 0 aromatic heterocycles. The van der Waals surface area contributed by atoms with Crippen LogP contribution in [0, 0.1) is 5.92 Å². The molecule has 2 atom stereocenters. The fourth-order valence-corrected chi connectivity index (χ4v) is 5.18.